The molecule has 1 aromatic heterocycles. The van der Waals surface area contributed by atoms with Crippen molar-refractivity contribution in [3.05, 3.63) is 90.5 Å². The van der Waals surface area contributed by atoms with Crippen molar-refractivity contribution in [2.75, 3.05) is 22.6 Å². The Morgan fingerprint density at radius 2 is 1.16 bits per heavy atom. The number of anilines is 6. The van der Waals surface area contributed by atoms with Crippen molar-refractivity contribution in [2.24, 2.45) is 0 Å². The highest BCUT2D eigenvalue weighted by atomic mass is 16.5. The Labute approximate surface area is 185 Å². The molecule has 0 aliphatic carbocycles. The first-order valence-corrected chi connectivity index (χ1v) is 10.1. The number of para-hydroxylation sites is 3. The highest BCUT2D eigenvalue weighted by Gasteiger charge is 2.14. The van der Waals surface area contributed by atoms with Crippen molar-refractivity contribution in [1.82, 2.24) is 15.0 Å². The SMILES string of the molecule is CCOC(=O)c1ccccc1Nc1nc(Nc2ccccc2)nc(Nc2ccccc2)n1. The number of carbonyl (C=O) groups excluding carboxylic acids is 1. The first kappa shape index (κ1) is 20.8. The summed E-state index contributed by atoms with van der Waals surface area (Å²) in [7, 11) is 0. The van der Waals surface area contributed by atoms with Crippen molar-refractivity contribution in [1.29, 1.82) is 0 Å². The van der Waals surface area contributed by atoms with Crippen LogP contribution in [-0.4, -0.2) is 27.5 Å². The van der Waals surface area contributed by atoms with Crippen LogP contribution in [0.25, 0.3) is 0 Å². The Morgan fingerprint density at radius 3 is 1.69 bits per heavy atom. The lowest BCUT2D eigenvalue weighted by Crippen LogP contribution is -2.10. The highest BCUT2D eigenvalue weighted by molar-refractivity contribution is 5.96. The van der Waals surface area contributed by atoms with Crippen molar-refractivity contribution >= 4 is 40.9 Å². The van der Waals surface area contributed by atoms with E-state index in [1.165, 1.54) is 0 Å². The summed E-state index contributed by atoms with van der Waals surface area (Å²) in [6.45, 7) is 2.05. The Balaban J connectivity index is 1.67. The van der Waals surface area contributed by atoms with Gasteiger partial charge in [0.15, 0.2) is 0 Å². The van der Waals surface area contributed by atoms with Gasteiger partial charge in [0.05, 0.1) is 17.9 Å². The van der Waals surface area contributed by atoms with Gasteiger partial charge in [0.2, 0.25) is 17.8 Å². The van der Waals surface area contributed by atoms with E-state index in [0.717, 1.165) is 11.4 Å². The monoisotopic (exact) mass is 426 g/mol. The van der Waals surface area contributed by atoms with Gasteiger partial charge in [-0.05, 0) is 43.3 Å². The zero-order chi connectivity index (χ0) is 22.2. The summed E-state index contributed by atoms with van der Waals surface area (Å²) in [5.41, 5.74) is 2.60. The molecular weight excluding hydrogens is 404 g/mol. The second-order valence-corrected chi connectivity index (χ2v) is 6.68. The van der Waals surface area contributed by atoms with E-state index in [0.29, 0.717) is 23.1 Å². The summed E-state index contributed by atoms with van der Waals surface area (Å²) in [5.74, 6) is 0.546. The molecule has 0 amide bonds. The van der Waals surface area contributed by atoms with Crippen LogP contribution in [-0.2, 0) is 4.74 Å². The molecule has 0 fully saturated rings. The third kappa shape index (κ3) is 5.37. The van der Waals surface area contributed by atoms with Gasteiger partial charge in [-0.25, -0.2) is 4.79 Å². The lowest BCUT2D eigenvalue weighted by molar-refractivity contribution is 0.0527. The quantitative estimate of drug-likeness (QED) is 0.327. The van der Waals surface area contributed by atoms with Gasteiger partial charge in [0, 0.05) is 11.4 Å². The smallest absolute Gasteiger partial charge is 0.340 e. The Hall–Kier alpha value is -4.46. The van der Waals surface area contributed by atoms with Gasteiger partial charge in [0.25, 0.3) is 0 Å². The van der Waals surface area contributed by atoms with Crippen LogP contribution in [0.1, 0.15) is 17.3 Å². The maximum Gasteiger partial charge on any atom is 0.340 e. The summed E-state index contributed by atoms with van der Waals surface area (Å²) >= 11 is 0. The van der Waals surface area contributed by atoms with Crippen LogP contribution < -0.4 is 16.0 Å². The topological polar surface area (TPSA) is 101 Å². The first-order chi connectivity index (χ1) is 15.7. The largest absolute Gasteiger partial charge is 0.462 e. The van der Waals surface area contributed by atoms with Gasteiger partial charge < -0.3 is 20.7 Å². The number of carbonyl (C=O) groups is 1. The minimum atomic E-state index is -0.421. The Bertz CT molecular complexity index is 1130. The average molecular weight is 426 g/mol. The molecule has 0 radical (unpaired) electrons. The van der Waals surface area contributed by atoms with Crippen molar-refractivity contribution in [2.45, 2.75) is 6.92 Å². The van der Waals surface area contributed by atoms with Crippen LogP contribution in [0, 0.1) is 0 Å². The van der Waals surface area contributed by atoms with Crippen LogP contribution in [0.5, 0.6) is 0 Å². The number of hydrogen-bond acceptors (Lipinski definition) is 8. The molecule has 3 N–H and O–H groups in total. The van der Waals surface area contributed by atoms with Crippen LogP contribution in [0.15, 0.2) is 84.9 Å². The summed E-state index contributed by atoms with van der Waals surface area (Å²) in [4.78, 5) is 25.8. The number of aromatic nitrogens is 3. The molecule has 0 atom stereocenters. The van der Waals surface area contributed by atoms with E-state index in [1.807, 2.05) is 66.7 Å². The lowest BCUT2D eigenvalue weighted by Gasteiger charge is -2.13. The van der Waals surface area contributed by atoms with E-state index < -0.39 is 5.97 Å². The van der Waals surface area contributed by atoms with Crippen molar-refractivity contribution in [3.63, 3.8) is 0 Å². The zero-order valence-corrected chi connectivity index (χ0v) is 17.4. The van der Waals surface area contributed by atoms with Crippen LogP contribution in [0.3, 0.4) is 0 Å². The Morgan fingerprint density at radius 1 is 0.688 bits per heavy atom. The van der Waals surface area contributed by atoms with Crippen LogP contribution in [0.2, 0.25) is 0 Å². The molecule has 0 unspecified atom stereocenters. The average Bonchev–Trinajstić information content (AvgIpc) is 2.81. The van der Waals surface area contributed by atoms with E-state index in [1.54, 1.807) is 25.1 Å². The lowest BCUT2D eigenvalue weighted by atomic mass is 10.2. The van der Waals surface area contributed by atoms with Gasteiger partial charge in [-0.15, -0.1) is 0 Å². The van der Waals surface area contributed by atoms with Crippen molar-refractivity contribution < 1.29 is 9.53 Å². The molecule has 1 heterocycles. The molecule has 8 nitrogen and oxygen atoms in total. The summed E-state index contributed by atoms with van der Waals surface area (Å²) in [5, 5.41) is 9.48. The Kier molecular flexibility index (Phi) is 6.52. The molecule has 0 aliphatic heterocycles. The number of ether oxygens (including phenoxy) is 1. The van der Waals surface area contributed by atoms with Gasteiger partial charge in [-0.3, -0.25) is 0 Å². The molecule has 32 heavy (non-hydrogen) atoms. The molecular formula is C24H22N6O2. The van der Waals surface area contributed by atoms with Gasteiger partial charge >= 0.3 is 5.97 Å². The van der Waals surface area contributed by atoms with Crippen molar-refractivity contribution in [3.8, 4) is 0 Å². The maximum atomic E-state index is 12.3. The van der Waals surface area contributed by atoms with Gasteiger partial charge in [-0.1, -0.05) is 48.5 Å². The van der Waals surface area contributed by atoms with E-state index in [-0.39, 0.29) is 12.6 Å². The fraction of sp³-hybridized carbons (Fsp3) is 0.0833. The first-order valence-electron chi connectivity index (χ1n) is 10.1. The molecule has 0 aliphatic rings. The number of rotatable bonds is 8. The molecule has 0 bridgehead atoms. The minimum Gasteiger partial charge on any atom is -0.462 e. The van der Waals surface area contributed by atoms with E-state index >= 15 is 0 Å². The second kappa shape index (κ2) is 10.0. The van der Waals surface area contributed by atoms with Gasteiger partial charge in [0.1, 0.15) is 0 Å². The maximum absolute atomic E-state index is 12.3. The number of nitrogens with zero attached hydrogens (tertiary/aromatic N) is 3. The fourth-order valence-electron chi connectivity index (χ4n) is 2.94. The number of hydrogen-bond donors (Lipinski definition) is 3. The van der Waals surface area contributed by atoms with E-state index in [4.69, 9.17) is 4.74 Å². The minimum absolute atomic E-state index is 0.272. The van der Waals surface area contributed by atoms with Crippen LogP contribution >= 0.6 is 0 Å². The zero-order valence-electron chi connectivity index (χ0n) is 17.4. The number of nitrogens with one attached hydrogen (secondary N) is 3. The van der Waals surface area contributed by atoms with Crippen LogP contribution in [0.4, 0.5) is 34.9 Å². The predicted octanol–water partition coefficient (Wildman–Crippen LogP) is 5.28. The van der Waals surface area contributed by atoms with Gasteiger partial charge in [-0.2, -0.15) is 15.0 Å². The third-order valence-corrected chi connectivity index (χ3v) is 4.36. The molecule has 0 spiro atoms. The molecule has 3 aromatic carbocycles. The highest BCUT2D eigenvalue weighted by Crippen LogP contribution is 2.23. The molecule has 8 heteroatoms. The predicted molar refractivity (Wildman–Crippen MR) is 125 cm³/mol. The molecule has 0 saturated heterocycles. The van der Waals surface area contributed by atoms with E-state index in [9.17, 15) is 4.79 Å². The molecule has 0 saturated carbocycles. The molecule has 160 valence electrons. The second-order valence-electron chi connectivity index (χ2n) is 6.68. The molecule has 4 rings (SSSR count). The summed E-state index contributed by atoms with van der Waals surface area (Å²) in [6, 6.07) is 26.2. The summed E-state index contributed by atoms with van der Waals surface area (Å²) < 4.78 is 5.15. The summed E-state index contributed by atoms with van der Waals surface area (Å²) in [6.07, 6.45) is 0. The number of esters is 1. The van der Waals surface area contributed by atoms with E-state index in [2.05, 4.69) is 30.9 Å². The fourth-order valence-corrected chi connectivity index (χ4v) is 2.94. The number of benzene rings is 3. The standard InChI is InChI=1S/C24H22N6O2/c1-2-32-21(31)19-15-9-10-16-20(19)27-24-29-22(25-17-11-5-3-6-12-17)28-23(30-24)26-18-13-7-4-8-14-18/h3-16H,2H2,1H3,(H3,25,26,27,28,29,30). The normalized spacial score (nSPS) is 10.3. The molecule has 4 aromatic rings. The third-order valence-electron chi connectivity index (χ3n) is 4.36.